The summed E-state index contributed by atoms with van der Waals surface area (Å²) in [6.07, 6.45) is 2.22. The number of hydrogen-bond donors (Lipinski definition) is 0. The molecule has 0 N–H and O–H groups in total. The summed E-state index contributed by atoms with van der Waals surface area (Å²) < 4.78 is 37.2. The normalized spacial score (nSPS) is 46.5. The van der Waals surface area contributed by atoms with Crippen LogP contribution in [-0.2, 0) is 38.1 Å². The molecular formula is C33H41O10U-. The first-order valence-electron chi connectivity index (χ1n) is 15.5. The van der Waals surface area contributed by atoms with Crippen LogP contribution in [0.25, 0.3) is 0 Å². The summed E-state index contributed by atoms with van der Waals surface area (Å²) in [5.41, 5.74) is -4.03. The largest absolute Gasteiger partial charge is 0.494 e. The summed E-state index contributed by atoms with van der Waals surface area (Å²) in [7, 11) is 1.38. The van der Waals surface area contributed by atoms with Gasteiger partial charge < -0.3 is 28.1 Å². The van der Waals surface area contributed by atoms with E-state index < -0.39 is 63.8 Å². The number of methoxy groups -OCH3 is 1. The van der Waals surface area contributed by atoms with Crippen molar-refractivity contribution in [2.75, 3.05) is 7.11 Å². The molecule has 11 heteroatoms. The van der Waals surface area contributed by atoms with Crippen molar-refractivity contribution >= 4 is 23.7 Å². The van der Waals surface area contributed by atoms with E-state index in [-0.39, 0.29) is 73.5 Å². The predicted molar refractivity (Wildman–Crippen MR) is 148 cm³/mol. The van der Waals surface area contributed by atoms with Crippen LogP contribution in [0.2, 0.25) is 0 Å². The molecule has 10 nitrogen and oxygen atoms in total. The summed E-state index contributed by atoms with van der Waals surface area (Å²) in [5, 5.41) is 0. The van der Waals surface area contributed by atoms with E-state index in [4.69, 9.17) is 28.1 Å². The number of esters is 3. The van der Waals surface area contributed by atoms with Crippen molar-refractivity contribution < 1.29 is 78.4 Å². The van der Waals surface area contributed by atoms with Crippen molar-refractivity contribution in [3.8, 4) is 0 Å². The minimum absolute atomic E-state index is 0. The van der Waals surface area contributed by atoms with E-state index in [1.54, 1.807) is 19.9 Å². The molecule has 11 atom stereocenters. The second-order valence-corrected chi connectivity index (χ2v) is 14.7. The Morgan fingerprint density at radius 3 is 2.50 bits per heavy atom. The van der Waals surface area contributed by atoms with Crippen LogP contribution in [0, 0.1) is 76.9 Å². The fourth-order valence-corrected chi connectivity index (χ4v) is 11.0. The van der Waals surface area contributed by atoms with E-state index in [1.165, 1.54) is 19.6 Å². The second kappa shape index (κ2) is 10.2. The molecule has 44 heavy (non-hydrogen) atoms. The van der Waals surface area contributed by atoms with Gasteiger partial charge in [-0.1, -0.05) is 34.6 Å². The molecule has 0 radical (unpaired) electrons. The number of furan rings is 1. The molecule has 7 fully saturated rings. The fourth-order valence-electron chi connectivity index (χ4n) is 11.0. The number of carbonyl (C=O) groups excluding carboxylic acids is 4. The van der Waals surface area contributed by atoms with E-state index in [0.29, 0.717) is 30.7 Å². The van der Waals surface area contributed by atoms with Crippen LogP contribution >= 0.6 is 0 Å². The molecule has 11 unspecified atom stereocenters. The van der Waals surface area contributed by atoms with Gasteiger partial charge in [-0.25, -0.2) is 0 Å². The van der Waals surface area contributed by atoms with E-state index in [1.807, 2.05) is 13.8 Å². The van der Waals surface area contributed by atoms with Gasteiger partial charge in [-0.3, -0.25) is 19.2 Å². The van der Waals surface area contributed by atoms with Crippen LogP contribution in [0.3, 0.4) is 0 Å². The summed E-state index contributed by atoms with van der Waals surface area (Å²) >= 11 is 0. The van der Waals surface area contributed by atoms with Crippen LogP contribution in [-0.4, -0.2) is 60.5 Å². The molecule has 7 aliphatic rings. The molecule has 1 aromatic heterocycles. The number of rotatable bonds is 6. The maximum atomic E-state index is 14.2. The Labute approximate surface area is 281 Å². The number of ether oxygens (including phenoxy) is 5. The van der Waals surface area contributed by atoms with Crippen LogP contribution in [0.15, 0.2) is 23.0 Å². The topological polar surface area (TPSA) is 128 Å². The third-order valence-corrected chi connectivity index (χ3v) is 12.6. The Hall–Kier alpha value is -1.67. The van der Waals surface area contributed by atoms with Gasteiger partial charge in [-0.05, 0) is 66.6 Å². The number of Topliss-reactive ketones (excluding diaryl/α,β-unsaturated/α-hetero) is 1. The molecule has 2 spiro atoms. The zero-order chi connectivity index (χ0) is 30.9. The molecule has 3 saturated heterocycles. The van der Waals surface area contributed by atoms with Crippen molar-refractivity contribution in [3.63, 3.8) is 0 Å². The van der Waals surface area contributed by atoms with Gasteiger partial charge in [0.2, 0.25) is 0 Å². The fraction of sp³-hybridized carbons (Fsp3) is 0.727. The minimum Gasteiger partial charge on any atom is -0.494 e. The van der Waals surface area contributed by atoms with Gasteiger partial charge >= 0.3 is 17.9 Å². The molecule has 1 aromatic rings. The molecular weight excluding hydrogens is 794 g/mol. The van der Waals surface area contributed by atoms with Crippen molar-refractivity contribution in [2.24, 2.45) is 39.9 Å². The Morgan fingerprint density at radius 1 is 1.14 bits per heavy atom. The average molecular weight is 836 g/mol. The standard InChI is InChI=1S/C33H41O10.U/c1-16(2)28(37)41-26-24-27-33-19(8-10-29(4,21(33)13-23(35)40-27)25(36)18-9-11-39-14-18)31(6)20(12-22(34)38-7)30(26,5)15-32(24,31)42-17(3)43-33;/h9,11,14,16-17,19-21,26-27H,8,10,12-13,15H2,1-7H3;/q-1;. The third-order valence-electron chi connectivity index (χ3n) is 12.6. The Kier molecular flexibility index (Phi) is 7.46. The first-order valence-corrected chi connectivity index (χ1v) is 15.5. The van der Waals surface area contributed by atoms with Gasteiger partial charge in [-0.15, -0.1) is 0 Å². The molecule has 0 amide bonds. The summed E-state index contributed by atoms with van der Waals surface area (Å²) in [5.74, 6) is -2.05. The molecule has 4 saturated carbocycles. The van der Waals surface area contributed by atoms with E-state index in [9.17, 15) is 19.2 Å². The molecule has 0 aromatic carbocycles. The molecule has 4 heterocycles. The van der Waals surface area contributed by atoms with Gasteiger partial charge in [-0.2, -0.15) is 5.92 Å². The van der Waals surface area contributed by atoms with Gasteiger partial charge in [0, 0.05) is 55.0 Å². The Bertz CT molecular complexity index is 1390. The van der Waals surface area contributed by atoms with Crippen LogP contribution in [0.5, 0.6) is 0 Å². The zero-order valence-corrected chi connectivity index (χ0v) is 30.6. The van der Waals surface area contributed by atoms with Crippen LogP contribution in [0.4, 0.5) is 0 Å². The third kappa shape index (κ3) is 3.67. The first-order chi connectivity index (χ1) is 20.2. The second-order valence-electron chi connectivity index (χ2n) is 14.7. The number of ketones is 1. The number of fused-ring (bicyclic) bond motifs is 3. The quantitative estimate of drug-likeness (QED) is 0.176. The van der Waals surface area contributed by atoms with Crippen LogP contribution < -0.4 is 0 Å². The Balaban J connectivity index is 0.00000343. The van der Waals surface area contributed by atoms with Gasteiger partial charge in [0.1, 0.15) is 6.26 Å². The van der Waals surface area contributed by atoms with Crippen LogP contribution in [0.1, 0.15) is 84.0 Å². The van der Waals surface area contributed by atoms with Crippen molar-refractivity contribution in [2.45, 2.75) is 103 Å². The van der Waals surface area contributed by atoms with Gasteiger partial charge in [0.05, 0.1) is 36.9 Å². The van der Waals surface area contributed by atoms with E-state index in [2.05, 4.69) is 13.8 Å². The molecule has 3 bridgehead atoms. The zero-order valence-electron chi connectivity index (χ0n) is 26.4. The molecule has 8 rings (SSSR count). The summed E-state index contributed by atoms with van der Waals surface area (Å²) in [4.78, 5) is 54.2. The van der Waals surface area contributed by atoms with Crippen molar-refractivity contribution in [3.05, 3.63) is 30.1 Å². The molecule has 238 valence electrons. The summed E-state index contributed by atoms with van der Waals surface area (Å²) in [6, 6.07) is 1.65. The molecule has 3 aliphatic heterocycles. The first kappa shape index (κ1) is 32.3. The minimum atomic E-state index is -1.15. The van der Waals surface area contributed by atoms with Crippen molar-refractivity contribution in [1.82, 2.24) is 0 Å². The summed E-state index contributed by atoms with van der Waals surface area (Å²) in [6.45, 7) is 11.6. The van der Waals surface area contributed by atoms with Gasteiger partial charge in [0.15, 0.2) is 12.1 Å². The average Bonchev–Trinajstić information content (AvgIpc) is 3.57. The monoisotopic (exact) mass is 835 g/mol. The maximum Gasteiger partial charge on any atom is 0.306 e. The maximum absolute atomic E-state index is 14.2. The number of hydrogen-bond acceptors (Lipinski definition) is 10. The van der Waals surface area contributed by atoms with Gasteiger partial charge in [0.25, 0.3) is 0 Å². The molecule has 4 aliphatic carbocycles. The van der Waals surface area contributed by atoms with Crippen molar-refractivity contribution in [1.29, 1.82) is 0 Å². The van der Waals surface area contributed by atoms with E-state index in [0.717, 1.165) is 0 Å². The number of carbonyl (C=O) groups is 4. The smallest absolute Gasteiger partial charge is 0.306 e. The van der Waals surface area contributed by atoms with E-state index >= 15 is 0 Å². The SMILES string of the molecule is COC(=O)CC1C2(C)CC34OC(C)OC56C(OC(=O)CC5C(C)(C(=O)c5ccoc5)CCC6C13C)[C-]4C2OC(=O)C(C)C.[U]. The Morgan fingerprint density at radius 2 is 1.86 bits per heavy atom. The predicted octanol–water partition coefficient (Wildman–Crippen LogP) is 4.45.